The monoisotopic (exact) mass is 212 g/mol. The van der Waals surface area contributed by atoms with Crippen LogP contribution in [0.25, 0.3) is 0 Å². The molecule has 5 nitrogen and oxygen atoms in total. The van der Waals surface area contributed by atoms with E-state index in [1.54, 1.807) is 11.6 Å². The zero-order chi connectivity index (χ0) is 10.6. The van der Waals surface area contributed by atoms with Crippen molar-refractivity contribution in [2.45, 2.75) is 6.92 Å². The molecule has 1 amide bonds. The van der Waals surface area contributed by atoms with Crippen LogP contribution in [0, 0.1) is 0 Å². The number of thiazole rings is 1. The van der Waals surface area contributed by atoms with Crippen molar-refractivity contribution in [3.63, 3.8) is 0 Å². The first-order valence-corrected chi connectivity index (χ1v) is 4.59. The van der Waals surface area contributed by atoms with Gasteiger partial charge >= 0.3 is 5.97 Å². The summed E-state index contributed by atoms with van der Waals surface area (Å²) in [6, 6.07) is 0. The standard InChI is InChI=1S/C8H8N2O3S/c1-5(4-6(11)12)7(13)10-8-9-2-3-14-8/h2-4H,1H3,(H,11,12)(H,9,10,13)/b5-4+. The van der Waals surface area contributed by atoms with Crippen molar-refractivity contribution in [2.24, 2.45) is 0 Å². The highest BCUT2D eigenvalue weighted by Crippen LogP contribution is 2.11. The van der Waals surface area contributed by atoms with Crippen LogP contribution in [0.1, 0.15) is 6.92 Å². The summed E-state index contributed by atoms with van der Waals surface area (Å²) in [6.45, 7) is 1.43. The van der Waals surface area contributed by atoms with Gasteiger partial charge < -0.3 is 5.11 Å². The van der Waals surface area contributed by atoms with Gasteiger partial charge in [0.1, 0.15) is 0 Å². The highest BCUT2D eigenvalue weighted by molar-refractivity contribution is 7.13. The lowest BCUT2D eigenvalue weighted by Crippen LogP contribution is -2.13. The van der Waals surface area contributed by atoms with Crippen LogP contribution >= 0.6 is 11.3 Å². The van der Waals surface area contributed by atoms with Gasteiger partial charge in [-0.15, -0.1) is 11.3 Å². The van der Waals surface area contributed by atoms with E-state index in [4.69, 9.17) is 5.11 Å². The van der Waals surface area contributed by atoms with Crippen LogP contribution < -0.4 is 5.32 Å². The molecule has 0 aromatic carbocycles. The Morgan fingerprint density at radius 1 is 1.64 bits per heavy atom. The molecule has 2 N–H and O–H groups in total. The van der Waals surface area contributed by atoms with Crippen molar-refractivity contribution < 1.29 is 14.7 Å². The van der Waals surface area contributed by atoms with Gasteiger partial charge in [-0.05, 0) is 6.92 Å². The zero-order valence-electron chi connectivity index (χ0n) is 7.35. The summed E-state index contributed by atoms with van der Waals surface area (Å²) in [6.07, 6.45) is 2.40. The Labute approximate surface area is 84.1 Å². The van der Waals surface area contributed by atoms with E-state index in [1.807, 2.05) is 0 Å². The van der Waals surface area contributed by atoms with Crippen LogP contribution in [-0.4, -0.2) is 22.0 Å². The molecule has 74 valence electrons. The maximum absolute atomic E-state index is 11.3. The molecular weight excluding hydrogens is 204 g/mol. The molecule has 0 radical (unpaired) electrons. The number of rotatable bonds is 3. The fraction of sp³-hybridized carbons (Fsp3) is 0.125. The van der Waals surface area contributed by atoms with E-state index in [-0.39, 0.29) is 5.57 Å². The molecule has 1 rings (SSSR count). The molecule has 0 atom stereocenters. The number of carboxylic acid groups (broad SMARTS) is 1. The normalized spacial score (nSPS) is 11.1. The Bertz CT molecular complexity index is 370. The number of aliphatic carboxylic acids is 1. The summed E-state index contributed by atoms with van der Waals surface area (Å²) < 4.78 is 0. The van der Waals surface area contributed by atoms with Gasteiger partial charge in [-0.3, -0.25) is 10.1 Å². The smallest absolute Gasteiger partial charge is 0.328 e. The fourth-order valence-electron chi connectivity index (χ4n) is 0.732. The fourth-order valence-corrected chi connectivity index (χ4v) is 1.26. The minimum atomic E-state index is -1.14. The van der Waals surface area contributed by atoms with Gasteiger partial charge in [0.15, 0.2) is 5.13 Å². The van der Waals surface area contributed by atoms with Crippen LogP contribution in [-0.2, 0) is 9.59 Å². The number of carbonyl (C=O) groups excluding carboxylic acids is 1. The van der Waals surface area contributed by atoms with Crippen molar-refractivity contribution in [1.29, 1.82) is 0 Å². The number of hydrogen-bond donors (Lipinski definition) is 2. The van der Waals surface area contributed by atoms with Gasteiger partial charge in [0.2, 0.25) is 0 Å². The van der Waals surface area contributed by atoms with E-state index in [0.717, 1.165) is 6.08 Å². The van der Waals surface area contributed by atoms with Gasteiger partial charge in [0.05, 0.1) is 0 Å². The Morgan fingerprint density at radius 3 is 2.86 bits per heavy atom. The summed E-state index contributed by atoms with van der Waals surface area (Å²) in [5, 5.41) is 13.0. The first-order chi connectivity index (χ1) is 6.59. The summed E-state index contributed by atoms with van der Waals surface area (Å²) in [5.74, 6) is -1.60. The van der Waals surface area contributed by atoms with Crippen molar-refractivity contribution >= 4 is 28.3 Å². The van der Waals surface area contributed by atoms with Crippen LogP contribution in [0.2, 0.25) is 0 Å². The number of nitrogens with zero attached hydrogens (tertiary/aromatic N) is 1. The molecule has 0 saturated heterocycles. The lowest BCUT2D eigenvalue weighted by atomic mass is 10.2. The molecule has 0 aliphatic rings. The van der Waals surface area contributed by atoms with Crippen molar-refractivity contribution in [2.75, 3.05) is 5.32 Å². The van der Waals surface area contributed by atoms with Crippen molar-refractivity contribution in [3.8, 4) is 0 Å². The minimum Gasteiger partial charge on any atom is -0.478 e. The van der Waals surface area contributed by atoms with Gasteiger partial charge in [0, 0.05) is 23.2 Å². The van der Waals surface area contributed by atoms with E-state index < -0.39 is 11.9 Å². The molecule has 6 heteroatoms. The summed E-state index contributed by atoms with van der Waals surface area (Å²) >= 11 is 1.27. The second kappa shape index (κ2) is 4.52. The topological polar surface area (TPSA) is 79.3 Å². The number of anilines is 1. The number of carboxylic acids is 1. The summed E-state index contributed by atoms with van der Waals surface area (Å²) in [4.78, 5) is 25.3. The number of carbonyl (C=O) groups is 2. The van der Waals surface area contributed by atoms with Gasteiger partial charge in [-0.2, -0.15) is 0 Å². The molecule has 1 heterocycles. The van der Waals surface area contributed by atoms with Crippen LogP contribution in [0.15, 0.2) is 23.2 Å². The molecule has 0 aliphatic heterocycles. The molecule has 14 heavy (non-hydrogen) atoms. The maximum Gasteiger partial charge on any atom is 0.328 e. The van der Waals surface area contributed by atoms with E-state index >= 15 is 0 Å². The third-order valence-electron chi connectivity index (χ3n) is 1.35. The van der Waals surface area contributed by atoms with Gasteiger partial charge in [-0.25, -0.2) is 9.78 Å². The SMILES string of the molecule is C/C(=C\C(=O)O)C(=O)Nc1nccs1. The number of aromatic nitrogens is 1. The second-order valence-corrected chi connectivity index (χ2v) is 3.35. The average Bonchev–Trinajstić information content (AvgIpc) is 2.55. The zero-order valence-corrected chi connectivity index (χ0v) is 8.17. The van der Waals surface area contributed by atoms with Crippen LogP contribution in [0.3, 0.4) is 0 Å². The molecule has 0 saturated carbocycles. The summed E-state index contributed by atoms with van der Waals surface area (Å²) in [7, 11) is 0. The maximum atomic E-state index is 11.3. The molecule has 0 fully saturated rings. The van der Waals surface area contributed by atoms with Gasteiger partial charge in [-0.1, -0.05) is 0 Å². The average molecular weight is 212 g/mol. The minimum absolute atomic E-state index is 0.132. The van der Waals surface area contributed by atoms with Crippen molar-refractivity contribution in [3.05, 3.63) is 23.2 Å². The number of hydrogen-bond acceptors (Lipinski definition) is 4. The van der Waals surface area contributed by atoms with E-state index in [0.29, 0.717) is 5.13 Å². The number of amides is 1. The Morgan fingerprint density at radius 2 is 2.36 bits per heavy atom. The van der Waals surface area contributed by atoms with Gasteiger partial charge in [0.25, 0.3) is 5.91 Å². The third-order valence-corrected chi connectivity index (χ3v) is 2.04. The first kappa shape index (κ1) is 10.4. The highest BCUT2D eigenvalue weighted by atomic mass is 32.1. The second-order valence-electron chi connectivity index (χ2n) is 2.46. The Balaban J connectivity index is 2.63. The summed E-state index contributed by atoms with van der Waals surface area (Å²) in [5.41, 5.74) is 0.132. The lowest BCUT2D eigenvalue weighted by molar-refractivity contribution is -0.131. The molecular formula is C8H8N2O3S. The van der Waals surface area contributed by atoms with E-state index in [9.17, 15) is 9.59 Å². The predicted octanol–water partition coefficient (Wildman–Crippen LogP) is 1.11. The lowest BCUT2D eigenvalue weighted by Gasteiger charge is -1.99. The number of nitrogens with one attached hydrogen (secondary N) is 1. The third kappa shape index (κ3) is 2.98. The molecule has 0 unspecified atom stereocenters. The Hall–Kier alpha value is -1.69. The molecule has 1 aromatic heterocycles. The molecule has 0 spiro atoms. The molecule has 1 aromatic rings. The largest absolute Gasteiger partial charge is 0.478 e. The van der Waals surface area contributed by atoms with Crippen LogP contribution in [0.4, 0.5) is 5.13 Å². The predicted molar refractivity (Wildman–Crippen MR) is 52.1 cm³/mol. The quantitative estimate of drug-likeness (QED) is 0.735. The Kier molecular flexibility index (Phi) is 3.35. The molecule has 0 bridgehead atoms. The van der Waals surface area contributed by atoms with E-state index in [1.165, 1.54) is 18.3 Å². The van der Waals surface area contributed by atoms with E-state index in [2.05, 4.69) is 10.3 Å². The first-order valence-electron chi connectivity index (χ1n) is 3.71. The highest BCUT2D eigenvalue weighted by Gasteiger charge is 2.07. The molecule has 0 aliphatic carbocycles. The van der Waals surface area contributed by atoms with Crippen molar-refractivity contribution in [1.82, 2.24) is 4.98 Å². The van der Waals surface area contributed by atoms with Crippen LogP contribution in [0.5, 0.6) is 0 Å².